The maximum Gasteiger partial charge on any atom is 0.573 e. The highest BCUT2D eigenvalue weighted by Crippen LogP contribution is 2.49. The first-order valence-electron chi connectivity index (χ1n) is 12.2. The Hall–Kier alpha value is -3.39. The van der Waals surface area contributed by atoms with Crippen LogP contribution in [0.25, 0.3) is 0 Å². The van der Waals surface area contributed by atoms with Crippen molar-refractivity contribution in [3.8, 4) is 5.75 Å². The van der Waals surface area contributed by atoms with Gasteiger partial charge in [-0.15, -0.1) is 13.2 Å². The molecule has 1 amide bonds. The highest BCUT2D eigenvalue weighted by molar-refractivity contribution is 9.10. The lowest BCUT2D eigenvalue weighted by atomic mass is 9.88. The van der Waals surface area contributed by atoms with Crippen LogP contribution in [0.2, 0.25) is 0 Å². The summed E-state index contributed by atoms with van der Waals surface area (Å²) in [4.78, 5) is 16.2. The van der Waals surface area contributed by atoms with E-state index in [2.05, 4.69) is 20.9 Å². The number of halogens is 9. The molecule has 2 aliphatic rings. The summed E-state index contributed by atoms with van der Waals surface area (Å²) in [6.45, 7) is -0.432. The van der Waals surface area contributed by atoms with Crippen LogP contribution in [-0.4, -0.2) is 42.1 Å². The topological polar surface area (TPSA) is 36.0 Å². The number of piperidine rings is 1. The number of rotatable bonds is 4. The van der Waals surface area contributed by atoms with Gasteiger partial charge < -0.3 is 4.74 Å². The van der Waals surface area contributed by atoms with Crippen LogP contribution in [0, 0.1) is 11.6 Å². The monoisotopic (exact) mass is 649 g/mol. The SMILES string of the molecule is O=C1c2ccccc2N(Br)C2(CCN(C(c3ccc(F)c(F)c3)C(F)(F)F)CC2)N1c1ccc(OC(F)(F)F)cc1. The molecule has 3 aromatic rings. The van der Waals surface area contributed by atoms with E-state index in [0.29, 0.717) is 17.8 Å². The van der Waals surface area contributed by atoms with Crippen LogP contribution in [-0.2, 0) is 0 Å². The van der Waals surface area contributed by atoms with Crippen LogP contribution in [0.1, 0.15) is 34.8 Å². The number of fused-ring (bicyclic) bond motifs is 1. The molecule has 1 atom stereocenters. The van der Waals surface area contributed by atoms with Gasteiger partial charge in [0.15, 0.2) is 11.6 Å². The van der Waals surface area contributed by atoms with Crippen molar-refractivity contribution >= 4 is 33.4 Å². The van der Waals surface area contributed by atoms with Gasteiger partial charge >= 0.3 is 12.5 Å². The number of carbonyl (C=O) groups excluding carboxylic acids is 1. The quantitative estimate of drug-likeness (QED) is 0.214. The normalized spacial score (nSPS) is 18.4. The number of carbonyl (C=O) groups is 1. The first kappa shape index (κ1) is 29.1. The smallest absolute Gasteiger partial charge is 0.406 e. The standard InChI is InChI=1S/C27H20BrF8N3O2/c28-39-22-4-2-1-3-19(22)24(40)38(17-6-8-18(9-7-17)41-27(34,35)36)25(39)11-13-37(14-12-25)23(26(31,32)33)16-5-10-20(29)21(30)15-16/h1-10,15,23H,11-14H2. The lowest BCUT2D eigenvalue weighted by molar-refractivity contribution is -0.274. The van der Waals surface area contributed by atoms with E-state index >= 15 is 0 Å². The predicted octanol–water partition coefficient (Wildman–Crippen LogP) is 7.74. The Bertz CT molecular complexity index is 1440. The maximum atomic E-state index is 14.3. The number of anilines is 2. The second-order valence-electron chi connectivity index (χ2n) is 9.62. The van der Waals surface area contributed by atoms with Gasteiger partial charge in [0.2, 0.25) is 0 Å². The minimum atomic E-state index is -4.93. The molecule has 0 N–H and O–H groups in total. The lowest BCUT2D eigenvalue weighted by Gasteiger charge is -2.56. The molecule has 14 heteroatoms. The molecule has 0 aromatic heterocycles. The molecule has 0 saturated carbocycles. The van der Waals surface area contributed by atoms with Crippen molar-refractivity contribution in [1.82, 2.24) is 4.90 Å². The van der Waals surface area contributed by atoms with Gasteiger partial charge in [-0.1, -0.05) is 18.2 Å². The average Bonchev–Trinajstić information content (AvgIpc) is 2.90. The third kappa shape index (κ3) is 5.46. The van der Waals surface area contributed by atoms with Crippen molar-refractivity contribution in [2.24, 2.45) is 0 Å². The van der Waals surface area contributed by atoms with Crippen molar-refractivity contribution < 1.29 is 44.7 Å². The fourth-order valence-electron chi connectivity index (χ4n) is 5.45. The Balaban J connectivity index is 1.52. The molecule has 41 heavy (non-hydrogen) atoms. The third-order valence-corrected chi connectivity index (χ3v) is 8.23. The van der Waals surface area contributed by atoms with Gasteiger partial charge in [-0.05, 0) is 54.1 Å². The maximum absolute atomic E-state index is 14.3. The molecule has 2 aliphatic heterocycles. The second-order valence-corrected chi connectivity index (χ2v) is 10.3. The zero-order valence-corrected chi connectivity index (χ0v) is 22.4. The number of amides is 1. The minimum Gasteiger partial charge on any atom is -0.406 e. The van der Waals surface area contributed by atoms with E-state index in [1.165, 1.54) is 17.0 Å². The van der Waals surface area contributed by atoms with Gasteiger partial charge in [0, 0.05) is 31.6 Å². The molecular formula is C27H20BrF8N3O2. The number of ether oxygens (including phenoxy) is 1. The number of likely N-dealkylation sites (tertiary alicyclic amines) is 1. The largest absolute Gasteiger partial charge is 0.573 e. The van der Waals surface area contributed by atoms with E-state index in [9.17, 15) is 39.9 Å². The number of alkyl halides is 6. The molecule has 5 rings (SSSR count). The number of benzene rings is 3. The summed E-state index contributed by atoms with van der Waals surface area (Å²) in [5, 5.41) is 0. The first-order valence-corrected chi connectivity index (χ1v) is 12.9. The summed E-state index contributed by atoms with van der Waals surface area (Å²) >= 11 is 3.52. The van der Waals surface area contributed by atoms with Crippen molar-refractivity contribution in [2.45, 2.75) is 37.1 Å². The first-order chi connectivity index (χ1) is 19.2. The number of hydrogen-bond acceptors (Lipinski definition) is 4. The second kappa shape index (κ2) is 10.5. The number of para-hydroxylation sites is 1. The molecule has 0 radical (unpaired) electrons. The fraction of sp³-hybridized carbons (Fsp3) is 0.296. The van der Waals surface area contributed by atoms with E-state index in [0.717, 1.165) is 23.1 Å². The summed E-state index contributed by atoms with van der Waals surface area (Å²) in [5.74, 6) is -3.69. The van der Waals surface area contributed by atoms with E-state index < -0.39 is 53.1 Å². The molecule has 1 spiro atoms. The van der Waals surface area contributed by atoms with Crippen LogP contribution in [0.15, 0.2) is 66.7 Å². The van der Waals surface area contributed by atoms with Gasteiger partial charge in [-0.3, -0.25) is 18.5 Å². The van der Waals surface area contributed by atoms with E-state index in [1.807, 2.05) is 0 Å². The van der Waals surface area contributed by atoms with Gasteiger partial charge in [0.05, 0.1) is 27.4 Å². The molecule has 5 nitrogen and oxygen atoms in total. The zero-order chi connectivity index (χ0) is 29.7. The predicted molar refractivity (Wildman–Crippen MR) is 136 cm³/mol. The Morgan fingerprint density at radius 2 is 1.49 bits per heavy atom. The summed E-state index contributed by atoms with van der Waals surface area (Å²) in [5.41, 5.74) is -0.802. The number of hydrogen-bond donors (Lipinski definition) is 0. The third-order valence-electron chi connectivity index (χ3n) is 7.19. The van der Waals surface area contributed by atoms with Crippen molar-refractivity contribution in [3.05, 3.63) is 89.5 Å². The summed E-state index contributed by atoms with van der Waals surface area (Å²) in [6, 6.07) is 11.0. The molecule has 1 saturated heterocycles. The van der Waals surface area contributed by atoms with Crippen LogP contribution in [0.5, 0.6) is 5.75 Å². The fourth-order valence-corrected chi connectivity index (χ4v) is 6.27. The molecule has 2 heterocycles. The van der Waals surface area contributed by atoms with Crippen LogP contribution >= 0.6 is 16.1 Å². The highest BCUT2D eigenvalue weighted by atomic mass is 79.9. The van der Waals surface area contributed by atoms with E-state index in [-0.39, 0.29) is 37.2 Å². The van der Waals surface area contributed by atoms with Crippen molar-refractivity contribution in [1.29, 1.82) is 0 Å². The van der Waals surface area contributed by atoms with Crippen molar-refractivity contribution in [2.75, 3.05) is 21.9 Å². The molecule has 0 aliphatic carbocycles. The van der Waals surface area contributed by atoms with Gasteiger partial charge in [-0.25, -0.2) is 8.78 Å². The molecular weight excluding hydrogens is 630 g/mol. The zero-order valence-electron chi connectivity index (χ0n) is 20.8. The van der Waals surface area contributed by atoms with Gasteiger partial charge in [-0.2, -0.15) is 13.2 Å². The molecule has 0 bridgehead atoms. The van der Waals surface area contributed by atoms with Gasteiger partial charge in [0.25, 0.3) is 5.91 Å². The van der Waals surface area contributed by atoms with Crippen molar-refractivity contribution in [3.63, 3.8) is 0 Å². The van der Waals surface area contributed by atoms with E-state index in [4.69, 9.17) is 0 Å². The van der Waals surface area contributed by atoms with Crippen LogP contribution < -0.4 is 13.6 Å². The molecule has 218 valence electrons. The number of nitrogens with zero attached hydrogens (tertiary/aromatic N) is 3. The molecule has 3 aromatic carbocycles. The summed E-state index contributed by atoms with van der Waals surface area (Å²) in [6.07, 6.45) is -9.85. The Morgan fingerprint density at radius 3 is 2.07 bits per heavy atom. The highest BCUT2D eigenvalue weighted by Gasteiger charge is 2.54. The summed E-state index contributed by atoms with van der Waals surface area (Å²) < 4.78 is 114. The Kier molecular flexibility index (Phi) is 7.43. The average molecular weight is 650 g/mol. The molecule has 1 unspecified atom stereocenters. The lowest BCUT2D eigenvalue weighted by Crippen LogP contribution is -2.67. The summed E-state index contributed by atoms with van der Waals surface area (Å²) in [7, 11) is 0. The minimum absolute atomic E-state index is 0.0462. The Morgan fingerprint density at radius 1 is 0.854 bits per heavy atom. The van der Waals surface area contributed by atoms with Crippen LogP contribution in [0.3, 0.4) is 0 Å². The van der Waals surface area contributed by atoms with Gasteiger partial charge in [0.1, 0.15) is 17.5 Å². The molecule has 1 fully saturated rings. The Labute approximate surface area is 237 Å². The van der Waals surface area contributed by atoms with E-state index in [1.54, 1.807) is 28.2 Å². The van der Waals surface area contributed by atoms with Crippen LogP contribution in [0.4, 0.5) is 46.5 Å².